The molecule has 2 aromatic heterocycles. The van der Waals surface area contributed by atoms with Gasteiger partial charge in [-0.05, 0) is 31.7 Å². The number of aromatic amines is 1. The monoisotopic (exact) mass is 410 g/mol. The Hall–Kier alpha value is -2.12. The van der Waals surface area contributed by atoms with Crippen LogP contribution >= 0.6 is 11.8 Å². The molecule has 2 atom stereocenters. The first kappa shape index (κ1) is 18.9. The Morgan fingerprint density at radius 1 is 1.14 bits per heavy atom. The molecule has 2 unspecified atom stereocenters. The van der Waals surface area contributed by atoms with Crippen LogP contribution in [0.3, 0.4) is 0 Å². The lowest BCUT2D eigenvalue weighted by molar-refractivity contribution is -0.118. The number of carbonyl (C=O) groups excluding carboxylic acids is 1. The minimum Gasteiger partial charge on any atom is -0.376 e. The van der Waals surface area contributed by atoms with Crippen LogP contribution in [0.15, 0.2) is 35.6 Å². The molecule has 1 N–H and O–H groups in total. The second-order valence-electron chi connectivity index (χ2n) is 7.97. The highest BCUT2D eigenvalue weighted by Gasteiger charge is 2.28. The number of carbonyl (C=O) groups is 1. The van der Waals surface area contributed by atoms with Gasteiger partial charge in [0.1, 0.15) is 5.78 Å². The summed E-state index contributed by atoms with van der Waals surface area (Å²) >= 11 is 1.59. The number of ketones is 1. The van der Waals surface area contributed by atoms with Crippen molar-refractivity contribution in [2.24, 2.45) is 0 Å². The van der Waals surface area contributed by atoms with Gasteiger partial charge < -0.3 is 9.72 Å². The first-order valence-corrected chi connectivity index (χ1v) is 11.5. The van der Waals surface area contributed by atoms with Crippen LogP contribution in [0.25, 0.3) is 22.3 Å². The molecule has 1 saturated heterocycles. The number of hydrogen-bond donors (Lipinski definition) is 1. The topological polar surface area (TPSA) is 72.8 Å². The van der Waals surface area contributed by atoms with E-state index in [1.165, 1.54) is 0 Å². The van der Waals surface area contributed by atoms with Gasteiger partial charge in [0, 0.05) is 35.7 Å². The largest absolute Gasteiger partial charge is 0.376 e. The van der Waals surface area contributed by atoms with Crippen LogP contribution in [0, 0.1) is 0 Å². The van der Waals surface area contributed by atoms with Crippen molar-refractivity contribution in [3.8, 4) is 11.4 Å². The molecule has 5 rings (SSSR count). The molecule has 7 heteroatoms. The van der Waals surface area contributed by atoms with Gasteiger partial charge in [-0.3, -0.25) is 9.36 Å². The smallest absolute Gasteiger partial charge is 0.192 e. The van der Waals surface area contributed by atoms with E-state index in [1.807, 2.05) is 18.3 Å². The van der Waals surface area contributed by atoms with Crippen LogP contribution in [-0.2, 0) is 16.1 Å². The molecule has 1 aliphatic heterocycles. The lowest BCUT2D eigenvalue weighted by Crippen LogP contribution is -2.19. The zero-order valence-electron chi connectivity index (χ0n) is 16.5. The number of fused-ring (bicyclic) bond motifs is 1. The summed E-state index contributed by atoms with van der Waals surface area (Å²) in [5.41, 5.74) is 2.13. The number of thioether (sulfide) groups is 1. The SMILES string of the molecule is O=C1CCCCCC1Sc1nnc(-c2c[nH]c3ccccc23)n1CC1CCCO1. The number of Topliss-reactive ketones (excluding diaryl/α,β-unsaturated/α-hetero) is 1. The Morgan fingerprint density at radius 2 is 2.07 bits per heavy atom. The number of benzene rings is 1. The molecule has 6 nitrogen and oxygen atoms in total. The molecule has 3 aromatic rings. The average Bonchev–Trinajstić information content (AvgIpc) is 3.45. The van der Waals surface area contributed by atoms with E-state index in [1.54, 1.807) is 11.8 Å². The number of hydrogen-bond acceptors (Lipinski definition) is 5. The Morgan fingerprint density at radius 3 is 2.97 bits per heavy atom. The van der Waals surface area contributed by atoms with Gasteiger partial charge in [0.15, 0.2) is 11.0 Å². The third-order valence-corrected chi connectivity index (χ3v) is 7.25. The van der Waals surface area contributed by atoms with E-state index >= 15 is 0 Å². The quantitative estimate of drug-likeness (QED) is 0.623. The molecular formula is C22H26N4O2S. The van der Waals surface area contributed by atoms with Crippen LogP contribution in [-0.4, -0.2) is 43.5 Å². The maximum absolute atomic E-state index is 12.6. The highest BCUT2D eigenvalue weighted by molar-refractivity contribution is 8.00. The Balaban J connectivity index is 1.51. The normalized spacial score (nSPS) is 23.0. The summed E-state index contributed by atoms with van der Waals surface area (Å²) in [4.78, 5) is 15.9. The standard InChI is InChI=1S/C22H26N4O2S/c27-19-10-2-1-3-11-20(19)29-22-25-24-21(26(22)14-15-7-6-12-28-15)17-13-23-18-9-5-4-8-16(17)18/h4-5,8-9,13,15,20,23H,1-3,6-7,10-12,14H2. The van der Waals surface area contributed by atoms with Gasteiger partial charge in [0.2, 0.25) is 0 Å². The van der Waals surface area contributed by atoms with Gasteiger partial charge in [-0.1, -0.05) is 42.8 Å². The molecule has 2 aliphatic rings. The zero-order chi connectivity index (χ0) is 19.6. The second kappa shape index (κ2) is 8.32. The fourth-order valence-corrected chi connectivity index (χ4v) is 5.53. The van der Waals surface area contributed by atoms with Gasteiger partial charge in [-0.15, -0.1) is 10.2 Å². The Kier molecular flexibility index (Phi) is 5.42. The van der Waals surface area contributed by atoms with E-state index in [0.717, 1.165) is 79.1 Å². The number of ether oxygens (including phenoxy) is 1. The summed E-state index contributed by atoms with van der Waals surface area (Å²) in [7, 11) is 0. The Bertz CT molecular complexity index is 1010. The summed E-state index contributed by atoms with van der Waals surface area (Å²) in [5, 5.41) is 11.1. The maximum atomic E-state index is 12.6. The molecule has 29 heavy (non-hydrogen) atoms. The zero-order valence-corrected chi connectivity index (χ0v) is 17.3. The highest BCUT2D eigenvalue weighted by Crippen LogP contribution is 2.35. The summed E-state index contributed by atoms with van der Waals surface area (Å²) in [6.45, 7) is 1.55. The number of para-hydroxylation sites is 1. The van der Waals surface area contributed by atoms with Crippen LogP contribution in [0.2, 0.25) is 0 Å². The van der Waals surface area contributed by atoms with E-state index < -0.39 is 0 Å². The summed E-state index contributed by atoms with van der Waals surface area (Å²) in [5.74, 6) is 1.20. The molecule has 0 spiro atoms. The van der Waals surface area contributed by atoms with E-state index in [9.17, 15) is 4.79 Å². The molecule has 0 bridgehead atoms. The maximum Gasteiger partial charge on any atom is 0.192 e. The van der Waals surface area contributed by atoms with Gasteiger partial charge in [0.25, 0.3) is 0 Å². The van der Waals surface area contributed by atoms with Crippen molar-refractivity contribution in [1.82, 2.24) is 19.7 Å². The van der Waals surface area contributed by atoms with Crippen molar-refractivity contribution >= 4 is 28.4 Å². The van der Waals surface area contributed by atoms with Crippen molar-refractivity contribution in [3.63, 3.8) is 0 Å². The summed E-state index contributed by atoms with van der Waals surface area (Å²) < 4.78 is 8.09. The van der Waals surface area contributed by atoms with Crippen molar-refractivity contribution in [2.75, 3.05) is 6.61 Å². The molecule has 3 heterocycles. The van der Waals surface area contributed by atoms with E-state index in [2.05, 4.69) is 31.9 Å². The lowest BCUT2D eigenvalue weighted by Gasteiger charge is -2.17. The minimum absolute atomic E-state index is 0.0132. The van der Waals surface area contributed by atoms with Crippen molar-refractivity contribution in [3.05, 3.63) is 30.5 Å². The molecule has 2 fully saturated rings. The minimum atomic E-state index is -0.0132. The number of rotatable bonds is 5. The van der Waals surface area contributed by atoms with Crippen LogP contribution in [0.4, 0.5) is 0 Å². The van der Waals surface area contributed by atoms with E-state index in [0.29, 0.717) is 12.2 Å². The molecule has 1 saturated carbocycles. The fraction of sp³-hybridized carbons (Fsp3) is 0.500. The lowest BCUT2D eigenvalue weighted by atomic mass is 10.1. The fourth-order valence-electron chi connectivity index (χ4n) is 4.37. The van der Waals surface area contributed by atoms with Gasteiger partial charge in [0.05, 0.1) is 17.9 Å². The van der Waals surface area contributed by atoms with Crippen LogP contribution in [0.1, 0.15) is 44.9 Å². The van der Waals surface area contributed by atoms with Crippen molar-refractivity contribution < 1.29 is 9.53 Å². The highest BCUT2D eigenvalue weighted by atomic mass is 32.2. The van der Waals surface area contributed by atoms with Gasteiger partial charge >= 0.3 is 0 Å². The number of H-pyrrole nitrogens is 1. The number of nitrogens with zero attached hydrogens (tertiary/aromatic N) is 3. The van der Waals surface area contributed by atoms with E-state index in [4.69, 9.17) is 4.74 Å². The third-order valence-electron chi connectivity index (χ3n) is 5.95. The second-order valence-corrected chi connectivity index (χ2v) is 9.14. The number of aromatic nitrogens is 4. The summed E-state index contributed by atoms with van der Waals surface area (Å²) in [6, 6.07) is 8.24. The Labute approximate surface area is 174 Å². The predicted octanol–water partition coefficient (Wildman–Crippen LogP) is 4.60. The molecule has 1 aliphatic carbocycles. The van der Waals surface area contributed by atoms with Crippen LogP contribution < -0.4 is 0 Å². The van der Waals surface area contributed by atoms with Crippen molar-refractivity contribution in [1.29, 1.82) is 0 Å². The van der Waals surface area contributed by atoms with Crippen molar-refractivity contribution in [2.45, 2.75) is 68.0 Å². The first-order chi connectivity index (χ1) is 14.3. The third kappa shape index (κ3) is 3.85. The van der Waals surface area contributed by atoms with Gasteiger partial charge in [-0.25, -0.2) is 0 Å². The van der Waals surface area contributed by atoms with Crippen LogP contribution in [0.5, 0.6) is 0 Å². The first-order valence-electron chi connectivity index (χ1n) is 10.6. The summed E-state index contributed by atoms with van der Waals surface area (Å²) in [6.07, 6.45) is 9.22. The number of nitrogens with one attached hydrogen (secondary N) is 1. The molecule has 0 amide bonds. The molecular weight excluding hydrogens is 384 g/mol. The molecule has 1 aromatic carbocycles. The molecule has 152 valence electrons. The molecule has 0 radical (unpaired) electrons. The average molecular weight is 411 g/mol. The predicted molar refractivity (Wildman–Crippen MR) is 114 cm³/mol. The van der Waals surface area contributed by atoms with Gasteiger partial charge in [-0.2, -0.15) is 0 Å². The van der Waals surface area contributed by atoms with E-state index in [-0.39, 0.29) is 11.4 Å².